The number of para-hydroxylation sites is 1. The molecular weight excluding hydrogens is 204 g/mol. The van der Waals surface area contributed by atoms with Gasteiger partial charge in [-0.05, 0) is 18.6 Å². The molecule has 1 aliphatic heterocycles. The van der Waals surface area contributed by atoms with Crippen LogP contribution in [0.5, 0.6) is 0 Å². The lowest BCUT2D eigenvalue weighted by atomic mass is 10.1. The molecule has 1 heterocycles. The highest BCUT2D eigenvalue weighted by molar-refractivity contribution is 5.98. The molecule has 0 saturated heterocycles. The minimum atomic E-state index is -0.804. The molecule has 0 spiro atoms. The second-order valence-electron chi connectivity index (χ2n) is 3.78. The van der Waals surface area contributed by atoms with E-state index in [1.54, 1.807) is 0 Å². The van der Waals surface area contributed by atoms with Crippen molar-refractivity contribution in [1.29, 1.82) is 0 Å². The van der Waals surface area contributed by atoms with E-state index in [0.29, 0.717) is 0 Å². The summed E-state index contributed by atoms with van der Waals surface area (Å²) in [6.45, 7) is 3.57. The van der Waals surface area contributed by atoms with Crippen molar-refractivity contribution in [2.75, 3.05) is 18.0 Å². The Kier molecular flexibility index (Phi) is 2.90. The Morgan fingerprint density at radius 3 is 2.88 bits per heavy atom. The Bertz CT molecular complexity index is 440. The topological polar surface area (TPSA) is 52.9 Å². The van der Waals surface area contributed by atoms with E-state index < -0.39 is 5.97 Å². The van der Waals surface area contributed by atoms with E-state index in [4.69, 9.17) is 5.11 Å². The van der Waals surface area contributed by atoms with Crippen LogP contribution >= 0.6 is 0 Å². The summed E-state index contributed by atoms with van der Waals surface area (Å²) in [6.07, 6.45) is 0.0555. The zero-order chi connectivity index (χ0) is 11.5. The first-order valence-corrected chi connectivity index (χ1v) is 5.27. The molecule has 1 N–H and O–H groups in total. The summed E-state index contributed by atoms with van der Waals surface area (Å²) in [5.41, 5.74) is 1.80. The van der Waals surface area contributed by atoms with Crippen LogP contribution < -0.4 is 4.90 Å². The molecule has 1 aromatic rings. The van der Waals surface area contributed by atoms with E-state index in [-0.39, 0.29) is 6.42 Å². The van der Waals surface area contributed by atoms with Crippen LogP contribution in [0.3, 0.4) is 0 Å². The molecule has 0 aliphatic carbocycles. The second kappa shape index (κ2) is 4.35. The molecular formula is C12H14N2O2. The van der Waals surface area contributed by atoms with Crippen LogP contribution in [-0.4, -0.2) is 30.0 Å². The number of carboxylic acid groups (broad SMARTS) is 1. The maximum absolute atomic E-state index is 10.8. The number of aliphatic imine (C=N–C) groups is 1. The van der Waals surface area contributed by atoms with Gasteiger partial charge in [0, 0.05) is 12.2 Å². The second-order valence-corrected chi connectivity index (χ2v) is 3.78. The standard InChI is InChI=1S/C12H14N2O2/c1-9-13-6-7-14(9)11-5-3-2-4-10(11)8-12(15)16/h2-5H,6-8H2,1H3,(H,15,16). The third-order valence-corrected chi connectivity index (χ3v) is 2.68. The predicted molar refractivity (Wildman–Crippen MR) is 63.1 cm³/mol. The van der Waals surface area contributed by atoms with Gasteiger partial charge in [0.15, 0.2) is 0 Å². The van der Waals surface area contributed by atoms with Gasteiger partial charge in [0.2, 0.25) is 0 Å². The number of aliphatic carboxylic acids is 1. The molecule has 0 fully saturated rings. The van der Waals surface area contributed by atoms with Crippen LogP contribution in [0.1, 0.15) is 12.5 Å². The minimum Gasteiger partial charge on any atom is -0.481 e. The number of benzene rings is 1. The Labute approximate surface area is 94.2 Å². The zero-order valence-electron chi connectivity index (χ0n) is 9.18. The lowest BCUT2D eigenvalue weighted by Gasteiger charge is -2.21. The number of rotatable bonds is 3. The average Bonchev–Trinajstić information content (AvgIpc) is 2.64. The number of amidine groups is 1. The summed E-state index contributed by atoms with van der Waals surface area (Å²) in [5, 5.41) is 8.85. The summed E-state index contributed by atoms with van der Waals surface area (Å²) in [6, 6.07) is 7.59. The first kappa shape index (κ1) is 10.7. The number of hydrogen-bond donors (Lipinski definition) is 1. The van der Waals surface area contributed by atoms with E-state index >= 15 is 0 Å². The van der Waals surface area contributed by atoms with Crippen LogP contribution in [0, 0.1) is 0 Å². The van der Waals surface area contributed by atoms with Crippen molar-refractivity contribution in [1.82, 2.24) is 0 Å². The van der Waals surface area contributed by atoms with Gasteiger partial charge in [-0.1, -0.05) is 18.2 Å². The fourth-order valence-corrected chi connectivity index (χ4v) is 1.94. The highest BCUT2D eigenvalue weighted by Crippen LogP contribution is 2.23. The van der Waals surface area contributed by atoms with Gasteiger partial charge in [-0.15, -0.1) is 0 Å². The predicted octanol–water partition coefficient (Wildman–Crippen LogP) is 1.55. The fraction of sp³-hybridized carbons (Fsp3) is 0.333. The molecule has 4 heteroatoms. The van der Waals surface area contributed by atoms with Crippen LogP contribution in [0.25, 0.3) is 0 Å². The largest absolute Gasteiger partial charge is 0.481 e. The summed E-state index contributed by atoms with van der Waals surface area (Å²) in [5.74, 6) is 0.152. The van der Waals surface area contributed by atoms with Crippen molar-refractivity contribution in [2.24, 2.45) is 4.99 Å². The van der Waals surface area contributed by atoms with Crippen molar-refractivity contribution in [3.8, 4) is 0 Å². The lowest BCUT2D eigenvalue weighted by molar-refractivity contribution is -0.136. The van der Waals surface area contributed by atoms with Crippen molar-refractivity contribution >= 4 is 17.5 Å². The van der Waals surface area contributed by atoms with Gasteiger partial charge in [0.25, 0.3) is 0 Å². The quantitative estimate of drug-likeness (QED) is 0.837. The summed E-state index contributed by atoms with van der Waals surface area (Å²) in [7, 11) is 0. The van der Waals surface area contributed by atoms with Crippen molar-refractivity contribution in [3.05, 3.63) is 29.8 Å². The molecule has 16 heavy (non-hydrogen) atoms. The Morgan fingerprint density at radius 1 is 1.50 bits per heavy atom. The maximum atomic E-state index is 10.8. The molecule has 0 aromatic heterocycles. The molecule has 1 aromatic carbocycles. The molecule has 4 nitrogen and oxygen atoms in total. The number of carboxylic acids is 1. The fourth-order valence-electron chi connectivity index (χ4n) is 1.94. The van der Waals surface area contributed by atoms with Gasteiger partial charge < -0.3 is 10.0 Å². The van der Waals surface area contributed by atoms with E-state index in [0.717, 1.165) is 30.2 Å². The summed E-state index contributed by atoms with van der Waals surface area (Å²) >= 11 is 0. The SMILES string of the molecule is CC1=NCCN1c1ccccc1CC(=O)O. The minimum absolute atomic E-state index is 0.0555. The maximum Gasteiger partial charge on any atom is 0.307 e. The van der Waals surface area contributed by atoms with Gasteiger partial charge in [-0.25, -0.2) is 0 Å². The van der Waals surface area contributed by atoms with Crippen LogP contribution in [-0.2, 0) is 11.2 Å². The van der Waals surface area contributed by atoms with E-state index in [1.165, 1.54) is 0 Å². The average molecular weight is 218 g/mol. The highest BCUT2D eigenvalue weighted by Gasteiger charge is 2.18. The highest BCUT2D eigenvalue weighted by atomic mass is 16.4. The Morgan fingerprint density at radius 2 is 2.25 bits per heavy atom. The third-order valence-electron chi connectivity index (χ3n) is 2.68. The molecule has 0 amide bonds. The molecule has 0 bridgehead atoms. The van der Waals surface area contributed by atoms with Gasteiger partial charge in [0.05, 0.1) is 13.0 Å². The molecule has 0 atom stereocenters. The molecule has 0 unspecified atom stereocenters. The van der Waals surface area contributed by atoms with E-state index in [2.05, 4.69) is 9.89 Å². The van der Waals surface area contributed by atoms with Gasteiger partial charge >= 0.3 is 5.97 Å². The smallest absolute Gasteiger partial charge is 0.307 e. The lowest BCUT2D eigenvalue weighted by Crippen LogP contribution is -2.26. The zero-order valence-corrected chi connectivity index (χ0v) is 9.18. The van der Waals surface area contributed by atoms with E-state index in [1.807, 2.05) is 31.2 Å². The molecule has 0 radical (unpaired) electrons. The first-order chi connectivity index (χ1) is 7.68. The van der Waals surface area contributed by atoms with E-state index in [9.17, 15) is 4.79 Å². The molecule has 84 valence electrons. The monoisotopic (exact) mass is 218 g/mol. The molecule has 0 saturated carbocycles. The molecule has 1 aliphatic rings. The normalized spacial score (nSPS) is 15.1. The van der Waals surface area contributed by atoms with Gasteiger partial charge in [0.1, 0.15) is 5.84 Å². The summed E-state index contributed by atoms with van der Waals surface area (Å²) < 4.78 is 0. The van der Waals surface area contributed by atoms with Gasteiger partial charge in [-0.3, -0.25) is 9.79 Å². The number of anilines is 1. The van der Waals surface area contributed by atoms with Crippen LogP contribution in [0.4, 0.5) is 5.69 Å². The third kappa shape index (κ3) is 2.05. The number of nitrogens with zero attached hydrogens (tertiary/aromatic N) is 2. The molecule has 2 rings (SSSR count). The van der Waals surface area contributed by atoms with Crippen molar-refractivity contribution in [3.63, 3.8) is 0 Å². The van der Waals surface area contributed by atoms with Gasteiger partial charge in [-0.2, -0.15) is 0 Å². The van der Waals surface area contributed by atoms with Crippen LogP contribution in [0.2, 0.25) is 0 Å². The number of hydrogen-bond acceptors (Lipinski definition) is 3. The van der Waals surface area contributed by atoms with Crippen molar-refractivity contribution < 1.29 is 9.90 Å². The summed E-state index contributed by atoms with van der Waals surface area (Å²) in [4.78, 5) is 17.1. The van der Waals surface area contributed by atoms with Crippen molar-refractivity contribution in [2.45, 2.75) is 13.3 Å². The van der Waals surface area contributed by atoms with Crippen LogP contribution in [0.15, 0.2) is 29.3 Å². The Balaban J connectivity index is 2.32. The first-order valence-electron chi connectivity index (χ1n) is 5.27. The number of carbonyl (C=O) groups is 1. The Hall–Kier alpha value is -1.84.